The lowest BCUT2D eigenvalue weighted by molar-refractivity contribution is -0.129. The fraction of sp³-hybridized carbons (Fsp3) is 0.381. The van der Waals surface area contributed by atoms with Gasteiger partial charge in [0.25, 0.3) is 0 Å². The summed E-state index contributed by atoms with van der Waals surface area (Å²) in [6.07, 6.45) is -0.889. The second kappa shape index (κ2) is 9.10. The van der Waals surface area contributed by atoms with Crippen LogP contribution in [0.1, 0.15) is 32.4 Å². The van der Waals surface area contributed by atoms with Crippen LogP contribution >= 0.6 is 11.8 Å². The van der Waals surface area contributed by atoms with Crippen LogP contribution in [0.4, 0.5) is 0 Å². The van der Waals surface area contributed by atoms with Gasteiger partial charge in [-0.1, -0.05) is 30.3 Å². The van der Waals surface area contributed by atoms with Gasteiger partial charge in [-0.05, 0) is 50.6 Å². The van der Waals surface area contributed by atoms with Crippen LogP contribution in [0.15, 0.2) is 59.5 Å². The zero-order valence-corrected chi connectivity index (χ0v) is 16.5. The fourth-order valence-corrected chi connectivity index (χ4v) is 3.56. The van der Waals surface area contributed by atoms with E-state index in [0.717, 1.165) is 10.6 Å². The Bertz CT molecular complexity index is 695. The van der Waals surface area contributed by atoms with E-state index in [1.165, 1.54) is 0 Å². The monoisotopic (exact) mass is 373 g/mol. The second-order valence-corrected chi connectivity index (χ2v) is 8.28. The zero-order valence-electron chi connectivity index (χ0n) is 15.7. The number of methoxy groups -OCH3 is 1. The van der Waals surface area contributed by atoms with Crippen LogP contribution in [-0.2, 0) is 4.79 Å². The molecule has 0 bridgehead atoms. The van der Waals surface area contributed by atoms with E-state index in [1.807, 2.05) is 51.1 Å². The third-order valence-electron chi connectivity index (χ3n) is 3.85. The number of carbonyl (C=O) groups is 1. The van der Waals surface area contributed by atoms with Gasteiger partial charge >= 0.3 is 0 Å². The topological polar surface area (TPSA) is 58.6 Å². The van der Waals surface area contributed by atoms with Crippen molar-refractivity contribution in [2.24, 2.45) is 5.92 Å². The largest absolute Gasteiger partial charge is 0.497 e. The molecule has 26 heavy (non-hydrogen) atoms. The minimum Gasteiger partial charge on any atom is -0.497 e. The maximum Gasteiger partial charge on any atom is 0.227 e. The molecule has 0 aliphatic heterocycles. The maximum atomic E-state index is 12.8. The van der Waals surface area contributed by atoms with Crippen LogP contribution in [0, 0.1) is 5.92 Å². The third kappa shape index (κ3) is 6.07. The molecule has 0 radical (unpaired) electrons. The van der Waals surface area contributed by atoms with Gasteiger partial charge in [-0.25, -0.2) is 0 Å². The van der Waals surface area contributed by atoms with Crippen LogP contribution in [0.5, 0.6) is 5.75 Å². The van der Waals surface area contributed by atoms with E-state index in [4.69, 9.17) is 4.74 Å². The van der Waals surface area contributed by atoms with Gasteiger partial charge in [-0.3, -0.25) is 4.79 Å². The molecule has 1 amide bonds. The van der Waals surface area contributed by atoms with E-state index in [1.54, 1.807) is 43.1 Å². The van der Waals surface area contributed by atoms with Crippen LogP contribution in [0.25, 0.3) is 0 Å². The van der Waals surface area contributed by atoms with Gasteiger partial charge < -0.3 is 15.2 Å². The minimum absolute atomic E-state index is 0.149. The highest BCUT2D eigenvalue weighted by Gasteiger charge is 2.30. The van der Waals surface area contributed by atoms with Gasteiger partial charge in [-0.2, -0.15) is 0 Å². The standard InChI is InChI=1S/C21H27NO3S/c1-21(2,3)22-20(24)18(14-26-17-8-6-5-7-9-17)19(23)15-10-12-16(25-4)13-11-15/h5-13,18-19,23H,14H2,1-4H3,(H,22,24)/t18-,19+/m1/s1. The van der Waals surface area contributed by atoms with Crippen molar-refractivity contribution in [2.45, 2.75) is 37.3 Å². The number of rotatable bonds is 7. The predicted molar refractivity (Wildman–Crippen MR) is 107 cm³/mol. The van der Waals surface area contributed by atoms with Crippen molar-refractivity contribution in [3.63, 3.8) is 0 Å². The van der Waals surface area contributed by atoms with Crippen LogP contribution in [0.3, 0.4) is 0 Å². The molecule has 0 aliphatic carbocycles. The quantitative estimate of drug-likeness (QED) is 0.719. The number of nitrogens with one attached hydrogen (secondary N) is 1. The first kappa shape index (κ1) is 20.3. The fourth-order valence-electron chi connectivity index (χ4n) is 2.51. The summed E-state index contributed by atoms with van der Waals surface area (Å²) < 4.78 is 5.16. The summed E-state index contributed by atoms with van der Waals surface area (Å²) in [6, 6.07) is 17.1. The molecule has 5 heteroatoms. The van der Waals surface area contributed by atoms with E-state index < -0.39 is 12.0 Å². The van der Waals surface area contributed by atoms with E-state index in [2.05, 4.69) is 5.32 Å². The van der Waals surface area contributed by atoms with Crippen molar-refractivity contribution >= 4 is 17.7 Å². The highest BCUT2D eigenvalue weighted by molar-refractivity contribution is 7.99. The molecule has 0 heterocycles. The number of thioether (sulfide) groups is 1. The van der Waals surface area contributed by atoms with Gasteiger partial charge in [0.1, 0.15) is 5.75 Å². The highest BCUT2D eigenvalue weighted by atomic mass is 32.2. The lowest BCUT2D eigenvalue weighted by atomic mass is 9.95. The minimum atomic E-state index is -0.889. The summed E-state index contributed by atoms with van der Waals surface area (Å²) in [6.45, 7) is 5.81. The Balaban J connectivity index is 2.18. The van der Waals surface area contributed by atoms with Gasteiger partial charge in [0.15, 0.2) is 0 Å². The van der Waals surface area contributed by atoms with E-state index in [-0.39, 0.29) is 11.4 Å². The Labute approximate surface area is 160 Å². The first-order chi connectivity index (χ1) is 12.3. The van der Waals surface area contributed by atoms with Crippen molar-refractivity contribution in [1.82, 2.24) is 5.32 Å². The van der Waals surface area contributed by atoms with E-state index >= 15 is 0 Å². The summed E-state index contributed by atoms with van der Waals surface area (Å²) >= 11 is 1.57. The number of hydrogen-bond acceptors (Lipinski definition) is 4. The van der Waals surface area contributed by atoms with Crippen molar-refractivity contribution in [1.29, 1.82) is 0 Å². The van der Waals surface area contributed by atoms with Crippen LogP contribution < -0.4 is 10.1 Å². The molecule has 0 saturated heterocycles. The highest BCUT2D eigenvalue weighted by Crippen LogP contribution is 2.30. The van der Waals surface area contributed by atoms with Crippen LogP contribution in [0.2, 0.25) is 0 Å². The van der Waals surface area contributed by atoms with Gasteiger partial charge in [0.2, 0.25) is 5.91 Å². The Morgan fingerprint density at radius 2 is 1.73 bits per heavy atom. The van der Waals surface area contributed by atoms with Crippen LogP contribution in [-0.4, -0.2) is 29.4 Å². The average Bonchev–Trinajstić information content (AvgIpc) is 2.61. The number of aliphatic hydroxyl groups is 1. The Kier molecular flexibility index (Phi) is 7.12. The number of amides is 1. The third-order valence-corrected chi connectivity index (χ3v) is 4.98. The molecule has 4 nitrogen and oxygen atoms in total. The number of aliphatic hydroxyl groups excluding tert-OH is 1. The summed E-state index contributed by atoms with van der Waals surface area (Å²) in [5.74, 6) is 0.492. The van der Waals surface area contributed by atoms with Crippen molar-refractivity contribution in [2.75, 3.05) is 12.9 Å². The Morgan fingerprint density at radius 1 is 1.12 bits per heavy atom. The van der Waals surface area contributed by atoms with Gasteiger partial charge in [0, 0.05) is 16.2 Å². The maximum absolute atomic E-state index is 12.8. The summed E-state index contributed by atoms with van der Waals surface area (Å²) in [7, 11) is 1.60. The number of ether oxygens (including phenoxy) is 1. The molecule has 0 aromatic heterocycles. The smallest absolute Gasteiger partial charge is 0.227 e. The Morgan fingerprint density at radius 3 is 2.27 bits per heavy atom. The molecular formula is C21H27NO3S. The molecule has 140 valence electrons. The van der Waals surface area contributed by atoms with E-state index in [0.29, 0.717) is 11.3 Å². The lowest BCUT2D eigenvalue weighted by Gasteiger charge is -2.27. The normalized spacial score (nSPS) is 13.7. The van der Waals surface area contributed by atoms with Gasteiger partial charge in [0.05, 0.1) is 19.1 Å². The van der Waals surface area contributed by atoms with Crippen molar-refractivity contribution < 1.29 is 14.6 Å². The SMILES string of the molecule is COc1ccc([C@H](O)[C@@H](CSc2ccccc2)C(=O)NC(C)(C)C)cc1. The molecule has 0 saturated carbocycles. The molecule has 0 fully saturated rings. The first-order valence-electron chi connectivity index (χ1n) is 8.62. The van der Waals surface area contributed by atoms with E-state index in [9.17, 15) is 9.90 Å². The van der Waals surface area contributed by atoms with Crippen molar-refractivity contribution in [3.05, 3.63) is 60.2 Å². The number of hydrogen-bond donors (Lipinski definition) is 2. The predicted octanol–water partition coefficient (Wildman–Crippen LogP) is 4.05. The molecule has 0 aliphatic rings. The second-order valence-electron chi connectivity index (χ2n) is 7.19. The molecule has 2 aromatic carbocycles. The molecule has 2 rings (SSSR count). The molecular weight excluding hydrogens is 346 g/mol. The number of benzene rings is 2. The summed E-state index contributed by atoms with van der Waals surface area (Å²) in [5.41, 5.74) is 0.348. The molecule has 0 unspecified atom stereocenters. The molecule has 2 atom stereocenters. The first-order valence-corrected chi connectivity index (χ1v) is 9.60. The van der Waals surface area contributed by atoms with Gasteiger partial charge in [-0.15, -0.1) is 11.8 Å². The summed E-state index contributed by atoms with van der Waals surface area (Å²) in [5, 5.41) is 13.9. The number of carbonyl (C=O) groups excluding carboxylic acids is 1. The average molecular weight is 374 g/mol. The zero-order chi connectivity index (χ0) is 19.2. The molecule has 2 N–H and O–H groups in total. The molecule has 2 aromatic rings. The Hall–Kier alpha value is -1.98. The summed E-state index contributed by atoms with van der Waals surface area (Å²) in [4.78, 5) is 13.9. The molecule has 0 spiro atoms. The lowest BCUT2D eigenvalue weighted by Crippen LogP contribution is -2.46. The van der Waals surface area contributed by atoms with Crippen molar-refractivity contribution in [3.8, 4) is 5.75 Å².